The fraction of sp³-hybridized carbons (Fsp3) is 0.0682. The predicted octanol–water partition coefficient (Wildman–Crippen LogP) is 12.5. The minimum Gasteiger partial charge on any atom is -0.458 e. The first-order chi connectivity index (χ1) is 23.1. The number of aliphatic imine (C=N–C) groups is 1. The van der Waals surface area contributed by atoms with Crippen molar-refractivity contribution in [2.45, 2.75) is 19.8 Å². The Labute approximate surface area is 273 Å². The van der Waals surface area contributed by atoms with Gasteiger partial charge in [0.1, 0.15) is 22.8 Å². The van der Waals surface area contributed by atoms with Crippen LogP contribution in [0.3, 0.4) is 0 Å². The number of furan rings is 1. The van der Waals surface area contributed by atoms with Crippen LogP contribution in [0.5, 0.6) is 0 Å². The summed E-state index contributed by atoms with van der Waals surface area (Å²) in [6.07, 6.45) is 4.17. The van der Waals surface area contributed by atoms with Crippen molar-refractivity contribution in [2.75, 3.05) is 0 Å². The van der Waals surface area contributed by atoms with Crippen LogP contribution in [-0.4, -0.2) is 5.71 Å². The Morgan fingerprint density at radius 2 is 1.19 bits per heavy atom. The third kappa shape index (κ3) is 5.01. The normalized spacial score (nSPS) is 13.0. The standard InChI is InChI=1S/C44H32FNO/c1-3-14-32(30-17-8-5-9-18-30)44-43(40-25-31(23-24-42(40)47-44)29-15-6-4-7-16-29)46-28(2)37-26-38-35-21-12-10-19-33(35)34-20-11-13-22-36(34)39(38)27-41(37)45/h3-27,32H,1-2H3/b14-3-,46-28?. The van der Waals surface area contributed by atoms with Gasteiger partial charge in [-0.05, 0) is 87.1 Å². The molecule has 1 heterocycles. The fourth-order valence-electron chi connectivity index (χ4n) is 6.87. The highest BCUT2D eigenvalue weighted by Gasteiger charge is 2.24. The van der Waals surface area contributed by atoms with Crippen molar-refractivity contribution in [3.63, 3.8) is 0 Å². The van der Waals surface area contributed by atoms with Gasteiger partial charge in [-0.2, -0.15) is 0 Å². The van der Waals surface area contributed by atoms with Crippen LogP contribution < -0.4 is 0 Å². The number of rotatable bonds is 6. The lowest BCUT2D eigenvalue weighted by atomic mass is 9.92. The molecular formula is C44H32FNO. The Bertz CT molecular complexity index is 2490. The summed E-state index contributed by atoms with van der Waals surface area (Å²) in [7, 11) is 0. The average Bonchev–Trinajstić information content (AvgIpc) is 3.48. The van der Waals surface area contributed by atoms with Crippen molar-refractivity contribution in [1.82, 2.24) is 0 Å². The molecule has 0 aliphatic rings. The van der Waals surface area contributed by atoms with Gasteiger partial charge in [0.15, 0.2) is 0 Å². The van der Waals surface area contributed by atoms with E-state index in [0.29, 0.717) is 17.0 Å². The van der Waals surface area contributed by atoms with Gasteiger partial charge in [-0.3, -0.25) is 0 Å². The SMILES string of the molecule is C/C=C\C(c1ccccc1)c1oc2ccc(-c3ccccc3)cc2c1N=C(C)c1cc2c3ccccc3c3ccccc3c2cc1F. The summed E-state index contributed by atoms with van der Waals surface area (Å²) in [4.78, 5) is 5.24. The van der Waals surface area contributed by atoms with E-state index in [2.05, 4.69) is 72.8 Å². The van der Waals surface area contributed by atoms with Crippen molar-refractivity contribution < 1.29 is 8.81 Å². The van der Waals surface area contributed by atoms with Crippen LogP contribution in [0.1, 0.15) is 36.7 Å². The van der Waals surface area contributed by atoms with Gasteiger partial charge < -0.3 is 4.42 Å². The highest BCUT2D eigenvalue weighted by molar-refractivity contribution is 6.26. The molecule has 0 radical (unpaired) electrons. The lowest BCUT2D eigenvalue weighted by Gasteiger charge is -2.14. The Kier molecular flexibility index (Phi) is 7.23. The molecule has 8 rings (SSSR count). The quantitative estimate of drug-likeness (QED) is 0.105. The maximum absolute atomic E-state index is 16.3. The molecule has 0 fully saturated rings. The van der Waals surface area contributed by atoms with E-state index >= 15 is 4.39 Å². The molecule has 0 saturated carbocycles. The van der Waals surface area contributed by atoms with Crippen LogP contribution in [0, 0.1) is 5.82 Å². The Morgan fingerprint density at radius 3 is 1.83 bits per heavy atom. The zero-order valence-electron chi connectivity index (χ0n) is 26.2. The molecule has 226 valence electrons. The smallest absolute Gasteiger partial charge is 0.142 e. The van der Waals surface area contributed by atoms with E-state index in [9.17, 15) is 0 Å². The Morgan fingerprint density at radius 1 is 0.617 bits per heavy atom. The second-order valence-corrected chi connectivity index (χ2v) is 12.0. The highest BCUT2D eigenvalue weighted by Crippen LogP contribution is 2.43. The number of halogens is 1. The largest absolute Gasteiger partial charge is 0.458 e. The molecule has 1 aromatic heterocycles. The van der Waals surface area contributed by atoms with Crippen LogP contribution in [0.25, 0.3) is 54.4 Å². The van der Waals surface area contributed by atoms with Crippen molar-refractivity contribution in [2.24, 2.45) is 4.99 Å². The van der Waals surface area contributed by atoms with E-state index in [1.807, 2.05) is 86.7 Å². The average molecular weight is 610 g/mol. The Hall–Kier alpha value is -5.80. The van der Waals surface area contributed by atoms with Gasteiger partial charge in [0.05, 0.1) is 5.92 Å². The molecule has 0 amide bonds. The van der Waals surface area contributed by atoms with Crippen LogP contribution in [0.2, 0.25) is 0 Å². The molecule has 0 saturated heterocycles. The lowest BCUT2D eigenvalue weighted by molar-refractivity contribution is 0.547. The first kappa shape index (κ1) is 28.7. The predicted molar refractivity (Wildman–Crippen MR) is 196 cm³/mol. The zero-order chi connectivity index (χ0) is 31.9. The van der Waals surface area contributed by atoms with Gasteiger partial charge in [0, 0.05) is 16.7 Å². The molecule has 3 heteroatoms. The number of fused-ring (bicyclic) bond motifs is 7. The minimum absolute atomic E-state index is 0.169. The number of hydrogen-bond donors (Lipinski definition) is 0. The van der Waals surface area contributed by atoms with Gasteiger partial charge in [0.25, 0.3) is 0 Å². The summed E-state index contributed by atoms with van der Waals surface area (Å²) in [5, 5.41) is 7.19. The van der Waals surface area contributed by atoms with Crippen LogP contribution >= 0.6 is 0 Å². The number of nitrogens with zero attached hydrogens (tertiary/aromatic N) is 1. The molecular weight excluding hydrogens is 577 g/mol. The van der Waals surface area contributed by atoms with E-state index in [0.717, 1.165) is 65.7 Å². The lowest BCUT2D eigenvalue weighted by Crippen LogP contribution is -2.01. The molecule has 0 spiro atoms. The van der Waals surface area contributed by atoms with E-state index in [1.165, 1.54) is 0 Å². The number of allylic oxidation sites excluding steroid dienone is 2. The summed E-state index contributed by atoms with van der Waals surface area (Å²) in [6.45, 7) is 3.91. The maximum Gasteiger partial charge on any atom is 0.142 e. The van der Waals surface area contributed by atoms with Crippen LogP contribution in [0.15, 0.2) is 161 Å². The van der Waals surface area contributed by atoms with Gasteiger partial charge in [-0.25, -0.2) is 9.38 Å². The molecule has 8 aromatic rings. The molecule has 0 aliphatic heterocycles. The van der Waals surface area contributed by atoms with Crippen molar-refractivity contribution in [3.05, 3.63) is 174 Å². The molecule has 0 N–H and O–H groups in total. The second kappa shape index (κ2) is 11.9. The van der Waals surface area contributed by atoms with Gasteiger partial charge in [-0.1, -0.05) is 127 Å². The molecule has 7 aromatic carbocycles. The monoisotopic (exact) mass is 609 g/mol. The van der Waals surface area contributed by atoms with Crippen molar-refractivity contribution >= 4 is 54.7 Å². The summed E-state index contributed by atoms with van der Waals surface area (Å²) in [5.41, 5.74) is 5.78. The van der Waals surface area contributed by atoms with Gasteiger partial charge in [-0.15, -0.1) is 0 Å². The number of benzene rings is 7. The molecule has 47 heavy (non-hydrogen) atoms. The van der Waals surface area contributed by atoms with Crippen molar-refractivity contribution in [1.29, 1.82) is 0 Å². The second-order valence-electron chi connectivity index (χ2n) is 12.0. The van der Waals surface area contributed by atoms with Gasteiger partial charge >= 0.3 is 0 Å². The maximum atomic E-state index is 16.3. The first-order valence-corrected chi connectivity index (χ1v) is 16.0. The fourth-order valence-corrected chi connectivity index (χ4v) is 6.87. The molecule has 1 unspecified atom stereocenters. The summed E-state index contributed by atoms with van der Waals surface area (Å²) >= 11 is 0. The van der Waals surface area contributed by atoms with Crippen LogP contribution in [0.4, 0.5) is 10.1 Å². The molecule has 0 bridgehead atoms. The Balaban J connectivity index is 1.38. The van der Waals surface area contributed by atoms with Gasteiger partial charge in [0.2, 0.25) is 0 Å². The topological polar surface area (TPSA) is 25.5 Å². The third-order valence-corrected chi connectivity index (χ3v) is 9.12. The minimum atomic E-state index is -0.299. The van der Waals surface area contributed by atoms with E-state index in [4.69, 9.17) is 9.41 Å². The molecule has 1 atom stereocenters. The molecule has 0 aliphatic carbocycles. The summed E-state index contributed by atoms with van der Waals surface area (Å²) in [5.74, 6) is 0.259. The summed E-state index contributed by atoms with van der Waals surface area (Å²) in [6, 6.07) is 47.0. The molecule has 2 nitrogen and oxygen atoms in total. The van der Waals surface area contributed by atoms with Crippen LogP contribution in [-0.2, 0) is 0 Å². The van der Waals surface area contributed by atoms with E-state index < -0.39 is 0 Å². The highest BCUT2D eigenvalue weighted by atomic mass is 19.1. The van der Waals surface area contributed by atoms with E-state index in [-0.39, 0.29) is 11.7 Å². The first-order valence-electron chi connectivity index (χ1n) is 16.0. The zero-order valence-corrected chi connectivity index (χ0v) is 26.2. The number of hydrogen-bond acceptors (Lipinski definition) is 2. The van der Waals surface area contributed by atoms with Crippen molar-refractivity contribution in [3.8, 4) is 11.1 Å². The third-order valence-electron chi connectivity index (χ3n) is 9.12. The summed E-state index contributed by atoms with van der Waals surface area (Å²) < 4.78 is 22.9. The van der Waals surface area contributed by atoms with E-state index in [1.54, 1.807) is 6.07 Å².